The number of hydrogen-bond acceptors (Lipinski definition) is 3. The molecule has 2 amide bonds. The first-order chi connectivity index (χ1) is 8.02. The van der Waals surface area contributed by atoms with Crippen LogP contribution < -0.4 is 0 Å². The normalized spacial score (nSPS) is 31.6. The van der Waals surface area contributed by atoms with Gasteiger partial charge in [-0.3, -0.25) is 14.5 Å². The van der Waals surface area contributed by atoms with Gasteiger partial charge in [0.1, 0.15) is 0 Å². The van der Waals surface area contributed by atoms with Crippen molar-refractivity contribution in [1.82, 2.24) is 4.90 Å². The van der Waals surface area contributed by atoms with Crippen LogP contribution in [0.4, 0.5) is 0 Å². The summed E-state index contributed by atoms with van der Waals surface area (Å²) in [6, 6.07) is -0.208. The van der Waals surface area contributed by atoms with Gasteiger partial charge in [-0.05, 0) is 33.1 Å². The molecule has 1 aliphatic carbocycles. The van der Waals surface area contributed by atoms with Crippen LogP contribution in [0.1, 0.15) is 33.1 Å². The average Bonchev–Trinajstić information content (AvgIpc) is 2.51. The van der Waals surface area contributed by atoms with Crippen LogP contribution in [0, 0.1) is 11.8 Å². The zero-order valence-corrected chi connectivity index (χ0v) is 10.3. The van der Waals surface area contributed by atoms with Gasteiger partial charge in [0.25, 0.3) is 0 Å². The van der Waals surface area contributed by atoms with Crippen LogP contribution in [-0.4, -0.2) is 34.0 Å². The highest BCUT2D eigenvalue weighted by molar-refractivity contribution is 6.05. The maximum atomic E-state index is 12.2. The molecule has 1 heterocycles. The van der Waals surface area contributed by atoms with E-state index in [0.29, 0.717) is 19.3 Å². The molecule has 2 aliphatic rings. The standard InChI is InChI=1S/C13H19NO3/c1-8(7-9(2)15)14-12(16)10-5-3-4-6-11(10)13(14)17/h3-4,8-11,15H,5-7H2,1-2H3. The molecule has 94 valence electrons. The number of likely N-dealkylation sites (tertiary alicyclic amines) is 1. The predicted octanol–water partition coefficient (Wildman–Crippen LogP) is 1.10. The van der Waals surface area contributed by atoms with Crippen LogP contribution in [0.2, 0.25) is 0 Å². The lowest BCUT2D eigenvalue weighted by molar-refractivity contribution is -0.142. The lowest BCUT2D eigenvalue weighted by atomic mass is 9.85. The van der Waals surface area contributed by atoms with E-state index in [4.69, 9.17) is 0 Å². The Labute approximate surface area is 101 Å². The molecule has 4 heteroatoms. The Hall–Kier alpha value is -1.16. The minimum absolute atomic E-state index is 0.0579. The second-order valence-corrected chi connectivity index (χ2v) is 5.14. The van der Waals surface area contributed by atoms with Crippen molar-refractivity contribution in [2.24, 2.45) is 11.8 Å². The van der Waals surface area contributed by atoms with Crippen molar-refractivity contribution in [2.45, 2.75) is 45.3 Å². The van der Waals surface area contributed by atoms with Gasteiger partial charge < -0.3 is 5.11 Å². The number of amides is 2. The lowest BCUT2D eigenvalue weighted by Crippen LogP contribution is -2.40. The van der Waals surface area contributed by atoms with Crippen molar-refractivity contribution in [3.63, 3.8) is 0 Å². The Bertz CT molecular complexity index is 336. The van der Waals surface area contributed by atoms with Crippen LogP contribution >= 0.6 is 0 Å². The number of imide groups is 1. The van der Waals surface area contributed by atoms with E-state index in [2.05, 4.69) is 0 Å². The molecule has 4 atom stereocenters. The molecule has 1 fully saturated rings. The van der Waals surface area contributed by atoms with E-state index < -0.39 is 6.10 Å². The second-order valence-electron chi connectivity index (χ2n) is 5.14. The quantitative estimate of drug-likeness (QED) is 0.590. The highest BCUT2D eigenvalue weighted by Crippen LogP contribution is 2.36. The number of aliphatic hydroxyl groups excluding tert-OH is 1. The molecule has 0 aromatic carbocycles. The summed E-state index contributed by atoms with van der Waals surface area (Å²) in [6.07, 6.45) is 5.26. The molecule has 4 unspecified atom stereocenters. The fourth-order valence-corrected chi connectivity index (χ4v) is 2.86. The van der Waals surface area contributed by atoms with E-state index in [9.17, 15) is 14.7 Å². The third-order valence-corrected chi connectivity index (χ3v) is 3.66. The van der Waals surface area contributed by atoms with Crippen molar-refractivity contribution in [1.29, 1.82) is 0 Å². The molecule has 0 radical (unpaired) electrons. The van der Waals surface area contributed by atoms with Gasteiger partial charge in [0.2, 0.25) is 11.8 Å². The minimum atomic E-state index is -0.494. The van der Waals surface area contributed by atoms with Crippen molar-refractivity contribution in [2.75, 3.05) is 0 Å². The number of hydrogen-bond donors (Lipinski definition) is 1. The molecule has 1 N–H and O–H groups in total. The first-order valence-corrected chi connectivity index (χ1v) is 6.22. The molecule has 4 nitrogen and oxygen atoms in total. The van der Waals surface area contributed by atoms with Crippen molar-refractivity contribution < 1.29 is 14.7 Å². The fraction of sp³-hybridized carbons (Fsp3) is 0.692. The first-order valence-electron chi connectivity index (χ1n) is 6.22. The topological polar surface area (TPSA) is 57.6 Å². The number of allylic oxidation sites excluding steroid dienone is 2. The summed E-state index contributed by atoms with van der Waals surface area (Å²) < 4.78 is 0. The fourth-order valence-electron chi connectivity index (χ4n) is 2.86. The molecular weight excluding hydrogens is 218 g/mol. The molecular formula is C13H19NO3. The van der Waals surface area contributed by atoms with Crippen LogP contribution in [-0.2, 0) is 9.59 Å². The predicted molar refractivity (Wildman–Crippen MR) is 63.0 cm³/mol. The molecule has 0 spiro atoms. The summed E-state index contributed by atoms with van der Waals surface area (Å²) in [6.45, 7) is 3.50. The number of rotatable bonds is 3. The largest absolute Gasteiger partial charge is 0.393 e. The number of fused-ring (bicyclic) bond motifs is 1. The van der Waals surface area contributed by atoms with Crippen LogP contribution in [0.3, 0.4) is 0 Å². The van der Waals surface area contributed by atoms with Crippen LogP contribution in [0.25, 0.3) is 0 Å². The smallest absolute Gasteiger partial charge is 0.233 e. The second kappa shape index (κ2) is 4.61. The summed E-state index contributed by atoms with van der Waals surface area (Å²) in [5.41, 5.74) is 0. The maximum absolute atomic E-state index is 12.2. The van der Waals surface area contributed by atoms with Crippen molar-refractivity contribution >= 4 is 11.8 Å². The third kappa shape index (κ3) is 2.14. The van der Waals surface area contributed by atoms with Crippen LogP contribution in [0.15, 0.2) is 12.2 Å². The maximum Gasteiger partial charge on any atom is 0.233 e. The molecule has 0 bridgehead atoms. The zero-order chi connectivity index (χ0) is 12.6. The van der Waals surface area contributed by atoms with Gasteiger partial charge in [0.15, 0.2) is 0 Å². The zero-order valence-electron chi connectivity index (χ0n) is 10.3. The van der Waals surface area contributed by atoms with Gasteiger partial charge in [-0.15, -0.1) is 0 Å². The first kappa shape index (κ1) is 12.3. The van der Waals surface area contributed by atoms with Gasteiger partial charge in [0, 0.05) is 6.04 Å². The summed E-state index contributed by atoms with van der Waals surface area (Å²) in [7, 11) is 0. The Balaban J connectivity index is 2.15. The Morgan fingerprint density at radius 3 is 2.12 bits per heavy atom. The van der Waals surface area contributed by atoms with Gasteiger partial charge in [-0.1, -0.05) is 12.2 Å². The van der Waals surface area contributed by atoms with E-state index in [1.807, 2.05) is 19.1 Å². The van der Waals surface area contributed by atoms with Gasteiger partial charge >= 0.3 is 0 Å². The van der Waals surface area contributed by atoms with Crippen molar-refractivity contribution in [3.05, 3.63) is 12.2 Å². The van der Waals surface area contributed by atoms with Crippen molar-refractivity contribution in [3.8, 4) is 0 Å². The number of aliphatic hydroxyl groups is 1. The van der Waals surface area contributed by atoms with E-state index in [0.717, 1.165) is 0 Å². The number of nitrogens with zero attached hydrogens (tertiary/aromatic N) is 1. The van der Waals surface area contributed by atoms with E-state index in [1.54, 1.807) is 6.92 Å². The highest BCUT2D eigenvalue weighted by atomic mass is 16.3. The summed E-state index contributed by atoms with van der Waals surface area (Å²) in [5, 5.41) is 9.35. The summed E-state index contributed by atoms with van der Waals surface area (Å²) in [5.74, 6) is -0.442. The monoisotopic (exact) mass is 237 g/mol. The Morgan fingerprint density at radius 2 is 1.71 bits per heavy atom. The van der Waals surface area contributed by atoms with Gasteiger partial charge in [0.05, 0.1) is 17.9 Å². The SMILES string of the molecule is CC(O)CC(C)N1C(=O)C2CC=CCC2C1=O. The van der Waals surface area contributed by atoms with E-state index >= 15 is 0 Å². The highest BCUT2D eigenvalue weighted by Gasteiger charge is 2.48. The minimum Gasteiger partial charge on any atom is -0.393 e. The molecule has 17 heavy (non-hydrogen) atoms. The summed E-state index contributed by atoms with van der Waals surface area (Å²) in [4.78, 5) is 25.7. The van der Waals surface area contributed by atoms with Gasteiger partial charge in [-0.2, -0.15) is 0 Å². The number of carbonyl (C=O) groups excluding carboxylic acids is 2. The number of carbonyl (C=O) groups is 2. The Kier molecular flexibility index (Phi) is 3.33. The molecule has 1 saturated heterocycles. The summed E-state index contributed by atoms with van der Waals surface area (Å²) >= 11 is 0. The molecule has 0 aromatic heterocycles. The molecule has 2 rings (SSSR count). The lowest BCUT2D eigenvalue weighted by Gasteiger charge is -2.24. The molecule has 1 aliphatic heterocycles. The molecule has 0 aromatic rings. The third-order valence-electron chi connectivity index (χ3n) is 3.66. The Morgan fingerprint density at radius 1 is 1.24 bits per heavy atom. The van der Waals surface area contributed by atoms with Gasteiger partial charge in [-0.25, -0.2) is 0 Å². The average molecular weight is 237 g/mol. The molecule has 0 saturated carbocycles. The van der Waals surface area contributed by atoms with Crippen LogP contribution in [0.5, 0.6) is 0 Å². The van der Waals surface area contributed by atoms with E-state index in [-0.39, 0.29) is 29.7 Å². The van der Waals surface area contributed by atoms with E-state index in [1.165, 1.54) is 4.90 Å².